The van der Waals surface area contributed by atoms with E-state index in [1.165, 1.54) is 18.5 Å². The first-order valence-corrected chi connectivity index (χ1v) is 9.91. The summed E-state index contributed by atoms with van der Waals surface area (Å²) in [5, 5.41) is 0. The van der Waals surface area contributed by atoms with Crippen LogP contribution in [0.4, 0.5) is 5.69 Å². The summed E-state index contributed by atoms with van der Waals surface area (Å²) in [5.41, 5.74) is 2.16. The fourth-order valence-corrected chi connectivity index (χ4v) is 4.31. The third kappa shape index (κ3) is 4.13. The van der Waals surface area contributed by atoms with Crippen molar-refractivity contribution in [1.29, 1.82) is 0 Å². The molecule has 0 amide bonds. The van der Waals surface area contributed by atoms with Gasteiger partial charge in [-0.25, -0.2) is 13.1 Å². The highest BCUT2D eigenvalue weighted by Crippen LogP contribution is 2.21. The second-order valence-electron chi connectivity index (χ2n) is 5.64. The van der Waals surface area contributed by atoms with Gasteiger partial charge in [0.05, 0.1) is 4.90 Å². The fourth-order valence-electron chi connectivity index (χ4n) is 2.70. The molecule has 0 aliphatic carbocycles. The van der Waals surface area contributed by atoms with Gasteiger partial charge in [0.1, 0.15) is 0 Å². The van der Waals surface area contributed by atoms with Gasteiger partial charge >= 0.3 is 0 Å². The number of hydrogen-bond acceptors (Lipinski definition) is 3. The zero-order valence-corrected chi connectivity index (χ0v) is 15.1. The number of nitrogens with one attached hydrogen (secondary N) is 1. The molecule has 1 fully saturated rings. The van der Waals surface area contributed by atoms with Crippen LogP contribution < -0.4 is 9.62 Å². The number of nitrogens with zero attached hydrogens (tertiary/aromatic N) is 1. The molecule has 0 unspecified atom stereocenters. The Morgan fingerprint density at radius 2 is 1.74 bits per heavy atom. The Kier molecular flexibility index (Phi) is 5.04. The third-order valence-electron chi connectivity index (χ3n) is 3.98. The van der Waals surface area contributed by atoms with E-state index in [1.54, 1.807) is 24.3 Å². The summed E-state index contributed by atoms with van der Waals surface area (Å²) in [4.78, 5) is 2.62. The summed E-state index contributed by atoms with van der Waals surface area (Å²) >= 11 is 3.29. The minimum Gasteiger partial charge on any atom is -0.372 e. The Balaban J connectivity index is 1.65. The van der Waals surface area contributed by atoms with Crippen molar-refractivity contribution in [3.05, 3.63) is 58.6 Å². The molecule has 0 saturated carbocycles. The summed E-state index contributed by atoms with van der Waals surface area (Å²) in [6, 6.07) is 14.8. The highest BCUT2D eigenvalue weighted by atomic mass is 79.9. The molecule has 3 rings (SSSR count). The molecule has 1 saturated heterocycles. The van der Waals surface area contributed by atoms with Crippen LogP contribution in [0.25, 0.3) is 0 Å². The van der Waals surface area contributed by atoms with Crippen LogP contribution in [0.3, 0.4) is 0 Å². The smallest absolute Gasteiger partial charge is 0.240 e. The van der Waals surface area contributed by atoms with Crippen LogP contribution in [0.15, 0.2) is 57.9 Å². The Hall–Kier alpha value is -1.37. The summed E-state index contributed by atoms with van der Waals surface area (Å²) in [7, 11) is -3.50. The van der Waals surface area contributed by atoms with Crippen LogP contribution in [0.2, 0.25) is 0 Å². The van der Waals surface area contributed by atoms with E-state index in [0.717, 1.165) is 23.1 Å². The Morgan fingerprint density at radius 1 is 1.04 bits per heavy atom. The molecule has 0 radical (unpaired) electrons. The van der Waals surface area contributed by atoms with Crippen LogP contribution >= 0.6 is 15.9 Å². The molecule has 0 atom stereocenters. The molecule has 122 valence electrons. The van der Waals surface area contributed by atoms with E-state index in [-0.39, 0.29) is 11.4 Å². The Morgan fingerprint density at radius 3 is 2.39 bits per heavy atom. The van der Waals surface area contributed by atoms with Crippen LogP contribution in [0.1, 0.15) is 18.4 Å². The number of anilines is 1. The number of rotatable bonds is 5. The first kappa shape index (κ1) is 16.5. The molecule has 2 aromatic carbocycles. The maximum atomic E-state index is 12.3. The van der Waals surface area contributed by atoms with E-state index in [2.05, 4.69) is 37.7 Å². The maximum Gasteiger partial charge on any atom is 0.240 e. The predicted octanol–water partition coefficient (Wildman–Crippen LogP) is 3.53. The molecule has 0 aromatic heterocycles. The van der Waals surface area contributed by atoms with Crippen molar-refractivity contribution >= 4 is 31.6 Å². The van der Waals surface area contributed by atoms with Gasteiger partial charge in [-0.05, 0) is 48.7 Å². The van der Waals surface area contributed by atoms with Crippen LogP contribution in [-0.2, 0) is 16.6 Å². The predicted molar refractivity (Wildman–Crippen MR) is 96.1 cm³/mol. The molecule has 0 bridgehead atoms. The molecule has 1 N–H and O–H groups in total. The highest BCUT2D eigenvalue weighted by Gasteiger charge is 2.15. The van der Waals surface area contributed by atoms with Crippen LogP contribution in [0.5, 0.6) is 0 Å². The van der Waals surface area contributed by atoms with E-state index in [4.69, 9.17) is 0 Å². The van der Waals surface area contributed by atoms with Gasteiger partial charge in [-0.2, -0.15) is 0 Å². The molecule has 2 aromatic rings. The normalized spacial score (nSPS) is 15.1. The minimum atomic E-state index is -3.50. The van der Waals surface area contributed by atoms with Gasteiger partial charge in [0.25, 0.3) is 0 Å². The van der Waals surface area contributed by atoms with Crippen molar-refractivity contribution < 1.29 is 8.42 Å². The maximum absolute atomic E-state index is 12.3. The van der Waals surface area contributed by atoms with Gasteiger partial charge < -0.3 is 4.90 Å². The van der Waals surface area contributed by atoms with Gasteiger partial charge in [-0.1, -0.05) is 34.1 Å². The van der Waals surface area contributed by atoms with Gasteiger partial charge in [0.15, 0.2) is 0 Å². The lowest BCUT2D eigenvalue weighted by atomic mass is 10.2. The SMILES string of the molecule is O=S(=O)(NCc1ccc(N2CCCC2)cc1)c1cccc(Br)c1. The second kappa shape index (κ2) is 7.03. The standard InChI is InChI=1S/C17H19BrN2O2S/c18-15-4-3-5-17(12-15)23(21,22)19-13-14-6-8-16(9-7-14)20-10-1-2-11-20/h3-9,12,19H,1-2,10-11,13H2. The minimum absolute atomic E-state index is 0.264. The quantitative estimate of drug-likeness (QED) is 0.843. The monoisotopic (exact) mass is 394 g/mol. The third-order valence-corrected chi connectivity index (χ3v) is 5.87. The van der Waals surface area contributed by atoms with Crippen molar-refractivity contribution in [3.63, 3.8) is 0 Å². The molecular formula is C17H19BrN2O2S. The summed E-state index contributed by atoms with van der Waals surface area (Å²) in [5.74, 6) is 0. The van der Waals surface area contributed by atoms with Crippen molar-refractivity contribution in [2.24, 2.45) is 0 Å². The number of benzene rings is 2. The first-order chi connectivity index (χ1) is 11.0. The molecule has 1 aliphatic heterocycles. The van der Waals surface area contributed by atoms with E-state index in [9.17, 15) is 8.42 Å². The zero-order chi connectivity index (χ0) is 16.3. The molecule has 0 spiro atoms. The molecular weight excluding hydrogens is 376 g/mol. The Bertz CT molecular complexity index is 769. The average molecular weight is 395 g/mol. The summed E-state index contributed by atoms with van der Waals surface area (Å²) < 4.78 is 28.0. The number of sulfonamides is 1. The lowest BCUT2D eigenvalue weighted by Crippen LogP contribution is -2.23. The van der Waals surface area contributed by atoms with Crippen molar-refractivity contribution in [1.82, 2.24) is 4.72 Å². The van der Waals surface area contributed by atoms with E-state index >= 15 is 0 Å². The topological polar surface area (TPSA) is 49.4 Å². The van der Waals surface area contributed by atoms with Gasteiger partial charge in [0, 0.05) is 29.8 Å². The number of hydrogen-bond donors (Lipinski definition) is 1. The Labute approximate surface area is 145 Å². The number of halogens is 1. The van der Waals surface area contributed by atoms with Gasteiger partial charge in [-0.15, -0.1) is 0 Å². The van der Waals surface area contributed by atoms with Gasteiger partial charge in [0.2, 0.25) is 10.0 Å². The molecule has 1 aliphatic rings. The summed E-state index contributed by atoms with van der Waals surface area (Å²) in [6.07, 6.45) is 2.49. The van der Waals surface area contributed by atoms with Crippen molar-refractivity contribution in [2.45, 2.75) is 24.3 Å². The highest BCUT2D eigenvalue weighted by molar-refractivity contribution is 9.10. The average Bonchev–Trinajstić information content (AvgIpc) is 3.08. The first-order valence-electron chi connectivity index (χ1n) is 7.64. The van der Waals surface area contributed by atoms with Crippen molar-refractivity contribution in [2.75, 3.05) is 18.0 Å². The zero-order valence-electron chi connectivity index (χ0n) is 12.7. The van der Waals surface area contributed by atoms with Crippen molar-refractivity contribution in [3.8, 4) is 0 Å². The molecule has 6 heteroatoms. The fraction of sp³-hybridized carbons (Fsp3) is 0.294. The molecule has 1 heterocycles. The van der Waals surface area contributed by atoms with E-state index in [1.807, 2.05) is 12.1 Å². The largest absolute Gasteiger partial charge is 0.372 e. The van der Waals surface area contributed by atoms with Crippen LogP contribution in [-0.4, -0.2) is 21.5 Å². The summed E-state index contributed by atoms with van der Waals surface area (Å²) in [6.45, 7) is 2.50. The van der Waals surface area contributed by atoms with E-state index < -0.39 is 10.0 Å². The van der Waals surface area contributed by atoms with E-state index in [0.29, 0.717) is 0 Å². The second-order valence-corrected chi connectivity index (χ2v) is 8.33. The van der Waals surface area contributed by atoms with Crippen LogP contribution in [0, 0.1) is 0 Å². The molecule has 4 nitrogen and oxygen atoms in total. The van der Waals surface area contributed by atoms with Gasteiger partial charge in [-0.3, -0.25) is 0 Å². The molecule has 23 heavy (non-hydrogen) atoms. The lowest BCUT2D eigenvalue weighted by molar-refractivity contribution is 0.581. The lowest BCUT2D eigenvalue weighted by Gasteiger charge is -2.17.